The Morgan fingerprint density at radius 3 is 1.29 bits per heavy atom. The van der Waals surface area contributed by atoms with Gasteiger partial charge in [-0.2, -0.15) is 9.13 Å². The highest BCUT2D eigenvalue weighted by Crippen LogP contribution is 2.37. The number of phenols is 2. The van der Waals surface area contributed by atoms with Gasteiger partial charge in [0.15, 0.2) is 30.6 Å². The number of rotatable bonds is 11. The number of cyclic esters (lactones) is 3. The van der Waals surface area contributed by atoms with Gasteiger partial charge < -0.3 is 34.3 Å². The maximum Gasteiger partial charge on any atom is 0.349 e. The minimum absolute atomic E-state index is 0.263. The van der Waals surface area contributed by atoms with Crippen molar-refractivity contribution in [3.05, 3.63) is 295 Å². The summed E-state index contributed by atoms with van der Waals surface area (Å²) in [5.74, 6) is -6.01. The predicted molar refractivity (Wildman–Crippen MR) is 295 cm³/mol. The van der Waals surface area contributed by atoms with Crippen LogP contribution in [0, 0.1) is 0 Å². The van der Waals surface area contributed by atoms with Crippen molar-refractivity contribution in [3.63, 3.8) is 0 Å². The van der Waals surface area contributed by atoms with E-state index in [-0.39, 0.29) is 22.6 Å². The zero-order chi connectivity index (χ0) is 54.9. The maximum atomic E-state index is 12.8. The van der Waals surface area contributed by atoms with Gasteiger partial charge in [-0.05, 0) is 64.6 Å². The van der Waals surface area contributed by atoms with Crippen molar-refractivity contribution in [2.45, 2.75) is 25.4 Å². The molecule has 2 aliphatic heterocycles. The second-order valence-electron chi connectivity index (χ2n) is 18.6. The number of phenolic OH excluding ortho intramolecular Hbond substituents is 2. The predicted octanol–water partition coefficient (Wildman–Crippen LogP) is 11.2. The van der Waals surface area contributed by atoms with Crippen LogP contribution < -0.4 is 14.2 Å². The van der Waals surface area contributed by atoms with Gasteiger partial charge in [-0.15, -0.1) is 0 Å². The Bertz CT molecular complexity index is 3660. The Morgan fingerprint density at radius 2 is 0.861 bits per heavy atom. The number of allylic oxidation sites excluding steroid dienone is 4. The van der Waals surface area contributed by atoms with Gasteiger partial charge in [0.05, 0.1) is 11.5 Å². The number of benzene rings is 7. The van der Waals surface area contributed by atoms with E-state index in [0.717, 1.165) is 44.8 Å². The number of nitrogens with zero attached hydrogens (tertiary/aromatic N) is 2. The summed E-state index contributed by atoms with van der Waals surface area (Å²) in [5.41, 5.74) is 9.25. The van der Waals surface area contributed by atoms with Crippen molar-refractivity contribution in [3.8, 4) is 56.3 Å². The van der Waals surface area contributed by atoms with E-state index in [0.29, 0.717) is 22.3 Å². The van der Waals surface area contributed by atoms with Crippen LogP contribution >= 0.6 is 0 Å². The van der Waals surface area contributed by atoms with E-state index < -0.39 is 35.4 Å². The van der Waals surface area contributed by atoms with Crippen molar-refractivity contribution in [2.24, 2.45) is 0 Å². The standard InChI is InChI=1S/C34H24N2O2.C33H26O8/c37-33-13-11-29(23-31(33)27-7-3-1-4-8-27)35-19-15-25(16-20-35)26-17-21-36(22-18-26)30-12-14-34(38)32(24-30)28-9-5-2-6-10-28;1-32(24-14-8-4-9-15-24)38-28(34)26(29(35)39-32)20-18-23(22-12-6-3-7-13-22)19-21-27-30(36)40-33(2,41-31(27)37)25-16-10-5-11-17-25/h1-24H;3-21,34H,1-2H3/p+1/b;20-18+,23-19-,27-21?. The van der Waals surface area contributed by atoms with Crippen molar-refractivity contribution in [2.75, 3.05) is 0 Å². The molecule has 7 aromatic carbocycles. The highest BCUT2D eigenvalue weighted by molar-refractivity contribution is 6.15. The quantitative estimate of drug-likeness (QED) is 0.0420. The normalized spacial score (nSPS) is 17.2. The molecule has 79 heavy (non-hydrogen) atoms. The Kier molecular flexibility index (Phi) is 14.9. The topological polar surface area (TPSA) is 159 Å². The first-order valence-electron chi connectivity index (χ1n) is 25.2. The molecule has 0 radical (unpaired) electrons. The lowest BCUT2D eigenvalue weighted by atomic mass is 10.0. The fraction of sp³-hybridized carbons (Fsp3) is 0.0597. The fourth-order valence-electron chi connectivity index (χ4n) is 9.00. The van der Waals surface area contributed by atoms with Gasteiger partial charge in [-0.1, -0.05) is 164 Å². The largest absolute Gasteiger partial charge is 0.571 e. The molecule has 0 amide bonds. The van der Waals surface area contributed by atoms with Crippen molar-refractivity contribution < 1.29 is 57.8 Å². The SMILES string of the molecule is CC1(c2ccccc2)OC(=O)C(=C/C=C(/C=C/C2=C([O-])OC(C)(c3ccccc3)OC2=O)c2ccccc2)C(=O)O1.Oc1ccc(-[n+]2ccc(-c3cc[n+](-c4ccc(O)c(-c5ccccc5)c4)cc3)cc2)cc1-c1ccccc1. The monoisotopic (exact) mass is 1040 g/mol. The smallest absolute Gasteiger partial charge is 0.349 e. The number of carbonyl (C=O) groups is 3. The van der Waals surface area contributed by atoms with Crippen LogP contribution in [0.25, 0.3) is 50.3 Å². The van der Waals surface area contributed by atoms with Crippen LogP contribution in [0.1, 0.15) is 30.5 Å². The summed E-state index contributed by atoms with van der Waals surface area (Å²) < 4.78 is 26.1. The van der Waals surface area contributed by atoms with Gasteiger partial charge in [0.1, 0.15) is 17.1 Å². The van der Waals surface area contributed by atoms with E-state index in [1.807, 2.05) is 125 Å². The highest BCUT2D eigenvalue weighted by atomic mass is 16.8. The van der Waals surface area contributed by atoms with Crippen LogP contribution in [0.15, 0.2) is 279 Å². The van der Waals surface area contributed by atoms with Crippen LogP contribution in [-0.4, -0.2) is 28.1 Å². The first-order chi connectivity index (χ1) is 38.3. The van der Waals surface area contributed by atoms with E-state index in [1.54, 1.807) is 97.1 Å². The summed E-state index contributed by atoms with van der Waals surface area (Å²) in [6.07, 6.45) is 13.7. The lowest BCUT2D eigenvalue weighted by Gasteiger charge is -2.41. The molecule has 2 aromatic heterocycles. The highest BCUT2D eigenvalue weighted by Gasteiger charge is 2.44. The molecular weight excluding hydrogens is 993 g/mol. The summed E-state index contributed by atoms with van der Waals surface area (Å²) in [6, 6.07) is 65.7. The van der Waals surface area contributed by atoms with Crippen LogP contribution in [0.3, 0.4) is 0 Å². The summed E-state index contributed by atoms with van der Waals surface area (Å²) in [7, 11) is 0. The fourth-order valence-corrected chi connectivity index (χ4v) is 9.00. The molecule has 1 unspecified atom stereocenters. The Balaban J connectivity index is 0.000000179. The molecular formula is C67H51N2O10+. The number of aromatic nitrogens is 2. The Labute approximate surface area is 456 Å². The molecule has 2 N–H and O–H groups in total. The molecule has 12 heteroatoms. The van der Waals surface area contributed by atoms with E-state index in [4.69, 9.17) is 18.9 Å². The summed E-state index contributed by atoms with van der Waals surface area (Å²) >= 11 is 0. The lowest BCUT2D eigenvalue weighted by Crippen LogP contribution is -2.42. The molecule has 9 aromatic rings. The molecule has 4 heterocycles. The summed E-state index contributed by atoms with van der Waals surface area (Å²) in [6.45, 7) is 2.98. The summed E-state index contributed by atoms with van der Waals surface area (Å²) in [4.78, 5) is 38.5. The number of aromatic hydroxyl groups is 2. The molecule has 1 saturated heterocycles. The number of hydrogen-bond donors (Lipinski definition) is 2. The zero-order valence-electron chi connectivity index (χ0n) is 42.9. The molecule has 1 fully saturated rings. The second kappa shape index (κ2) is 22.7. The van der Waals surface area contributed by atoms with Gasteiger partial charge in [0, 0.05) is 77.7 Å². The van der Waals surface area contributed by atoms with Crippen LogP contribution in [0.2, 0.25) is 0 Å². The molecule has 11 rings (SSSR count). The van der Waals surface area contributed by atoms with Crippen molar-refractivity contribution in [1.82, 2.24) is 0 Å². The third kappa shape index (κ3) is 11.6. The Morgan fingerprint density at radius 1 is 0.468 bits per heavy atom. The third-order valence-corrected chi connectivity index (χ3v) is 13.3. The van der Waals surface area contributed by atoms with Gasteiger partial charge in [0.25, 0.3) is 5.79 Å². The second-order valence-corrected chi connectivity index (χ2v) is 18.6. The van der Waals surface area contributed by atoms with Crippen molar-refractivity contribution in [1.29, 1.82) is 0 Å². The number of hydrogen-bond acceptors (Lipinski definition) is 10. The lowest BCUT2D eigenvalue weighted by molar-refractivity contribution is -0.596. The number of esters is 3. The first kappa shape index (κ1) is 51.9. The number of pyridine rings is 2. The van der Waals surface area contributed by atoms with E-state index in [9.17, 15) is 29.7 Å². The molecule has 2 aliphatic rings. The molecule has 0 aliphatic carbocycles. The number of ether oxygens (including phenoxy) is 4. The molecule has 0 bridgehead atoms. The maximum absolute atomic E-state index is 12.8. The first-order valence-corrected chi connectivity index (χ1v) is 25.2. The van der Waals surface area contributed by atoms with Crippen molar-refractivity contribution >= 4 is 23.5 Å². The van der Waals surface area contributed by atoms with Crippen LogP contribution in [0.5, 0.6) is 11.5 Å². The minimum Gasteiger partial charge on any atom is -0.571 e. The van der Waals surface area contributed by atoms with Gasteiger partial charge in [0.2, 0.25) is 11.4 Å². The average Bonchev–Trinajstić information content (AvgIpc) is 3.50. The van der Waals surface area contributed by atoms with Gasteiger partial charge in [-0.25, -0.2) is 14.4 Å². The molecule has 0 saturated carbocycles. The number of carbonyl (C=O) groups excluding carboxylic acids is 3. The summed E-state index contributed by atoms with van der Waals surface area (Å²) in [5, 5.41) is 33.6. The molecule has 0 spiro atoms. The minimum atomic E-state index is -1.56. The Hall–Kier alpha value is -10.6. The van der Waals surface area contributed by atoms with Crippen LogP contribution in [0.4, 0.5) is 0 Å². The van der Waals surface area contributed by atoms with E-state index in [2.05, 4.69) is 24.3 Å². The van der Waals surface area contributed by atoms with E-state index >= 15 is 0 Å². The third-order valence-electron chi connectivity index (χ3n) is 13.3. The van der Waals surface area contributed by atoms with Gasteiger partial charge >= 0.3 is 17.9 Å². The molecule has 1 atom stereocenters. The van der Waals surface area contributed by atoms with Gasteiger partial charge in [-0.3, -0.25) is 0 Å². The molecule has 12 nitrogen and oxygen atoms in total. The van der Waals surface area contributed by atoms with E-state index in [1.165, 1.54) is 38.2 Å². The molecule has 388 valence electrons. The average molecular weight is 1040 g/mol. The van der Waals surface area contributed by atoms with Crippen LogP contribution in [-0.2, 0) is 44.9 Å². The zero-order valence-corrected chi connectivity index (χ0v) is 42.9.